The predicted octanol–water partition coefficient (Wildman–Crippen LogP) is 2.77. The highest BCUT2D eigenvalue weighted by atomic mass is 16.5. The lowest BCUT2D eigenvalue weighted by molar-refractivity contribution is -0.141. The van der Waals surface area contributed by atoms with Crippen LogP contribution in [0.25, 0.3) is 0 Å². The van der Waals surface area contributed by atoms with Gasteiger partial charge in [0.2, 0.25) is 5.91 Å². The second kappa shape index (κ2) is 8.05. The van der Waals surface area contributed by atoms with Gasteiger partial charge in [0, 0.05) is 50.5 Å². The number of ether oxygens (including phenoxy) is 1. The number of piperidine rings is 1. The molecular weight excluding hydrogens is 326 g/mol. The van der Waals surface area contributed by atoms with Crippen LogP contribution in [0.5, 0.6) is 0 Å². The Morgan fingerprint density at radius 3 is 2.69 bits per heavy atom. The van der Waals surface area contributed by atoms with Crippen molar-refractivity contribution in [3.63, 3.8) is 0 Å². The van der Waals surface area contributed by atoms with E-state index in [-0.39, 0.29) is 0 Å². The number of hydrogen-bond acceptors (Lipinski definition) is 4. The van der Waals surface area contributed by atoms with Gasteiger partial charge in [-0.15, -0.1) is 0 Å². The van der Waals surface area contributed by atoms with Crippen LogP contribution in [0.3, 0.4) is 0 Å². The van der Waals surface area contributed by atoms with E-state index in [1.165, 1.54) is 5.56 Å². The molecular formula is C21H31N3O2. The van der Waals surface area contributed by atoms with E-state index in [1.807, 2.05) is 6.20 Å². The van der Waals surface area contributed by atoms with Crippen molar-refractivity contribution in [2.75, 3.05) is 26.3 Å². The fourth-order valence-electron chi connectivity index (χ4n) is 4.39. The Labute approximate surface area is 156 Å². The summed E-state index contributed by atoms with van der Waals surface area (Å²) in [5, 5.41) is 0. The smallest absolute Gasteiger partial charge is 0.226 e. The molecule has 0 N–H and O–H groups in total. The normalized spacial score (nSPS) is 25.2. The van der Waals surface area contributed by atoms with Crippen LogP contribution in [0.2, 0.25) is 0 Å². The Morgan fingerprint density at radius 1 is 1.19 bits per heavy atom. The third kappa shape index (κ3) is 4.26. The summed E-state index contributed by atoms with van der Waals surface area (Å²) in [6.07, 6.45) is 8.40. The summed E-state index contributed by atoms with van der Waals surface area (Å²) < 4.78 is 5.55. The van der Waals surface area contributed by atoms with Crippen LogP contribution in [0.1, 0.15) is 49.8 Å². The van der Waals surface area contributed by atoms with E-state index in [4.69, 9.17) is 4.74 Å². The molecule has 26 heavy (non-hydrogen) atoms. The van der Waals surface area contributed by atoms with Gasteiger partial charge in [-0.05, 0) is 63.6 Å². The first-order chi connectivity index (χ1) is 12.7. The van der Waals surface area contributed by atoms with Crippen molar-refractivity contribution >= 4 is 5.91 Å². The van der Waals surface area contributed by atoms with Gasteiger partial charge in [-0.3, -0.25) is 14.7 Å². The number of rotatable bonds is 5. The maximum Gasteiger partial charge on any atom is 0.226 e. The maximum absolute atomic E-state index is 13.1. The van der Waals surface area contributed by atoms with Crippen molar-refractivity contribution in [1.82, 2.24) is 14.8 Å². The van der Waals surface area contributed by atoms with Gasteiger partial charge in [0.25, 0.3) is 0 Å². The van der Waals surface area contributed by atoms with Gasteiger partial charge in [-0.2, -0.15) is 0 Å². The molecule has 0 spiro atoms. The Morgan fingerprint density at radius 2 is 2.00 bits per heavy atom. The highest BCUT2D eigenvalue weighted by Gasteiger charge is 2.41. The van der Waals surface area contributed by atoms with Crippen molar-refractivity contribution < 1.29 is 9.53 Å². The first-order valence-electron chi connectivity index (χ1n) is 10.2. The molecule has 1 aromatic heterocycles. The topological polar surface area (TPSA) is 45.7 Å². The van der Waals surface area contributed by atoms with Gasteiger partial charge in [-0.25, -0.2) is 0 Å². The summed E-state index contributed by atoms with van der Waals surface area (Å²) in [5.41, 5.74) is 2.33. The molecule has 3 fully saturated rings. The Kier molecular flexibility index (Phi) is 5.55. The van der Waals surface area contributed by atoms with Crippen molar-refractivity contribution in [2.24, 2.45) is 5.92 Å². The zero-order valence-corrected chi connectivity index (χ0v) is 15.9. The summed E-state index contributed by atoms with van der Waals surface area (Å²) in [6, 6.07) is 4.99. The predicted molar refractivity (Wildman–Crippen MR) is 101 cm³/mol. The van der Waals surface area contributed by atoms with Gasteiger partial charge in [0.05, 0.1) is 5.69 Å². The average Bonchev–Trinajstić information content (AvgIpc) is 3.50. The van der Waals surface area contributed by atoms with Gasteiger partial charge in [0.15, 0.2) is 0 Å². The van der Waals surface area contributed by atoms with Crippen LogP contribution in [0.4, 0.5) is 0 Å². The second-order valence-corrected chi connectivity index (χ2v) is 8.22. The molecule has 1 saturated carbocycles. The molecule has 3 aliphatic rings. The van der Waals surface area contributed by atoms with Crippen LogP contribution >= 0.6 is 0 Å². The Hall–Kier alpha value is -1.46. The summed E-state index contributed by atoms with van der Waals surface area (Å²) in [6.45, 7) is 6.63. The molecule has 1 aromatic rings. The minimum absolute atomic E-state index is 0.298. The lowest BCUT2D eigenvalue weighted by atomic mass is 9.97. The molecule has 2 aliphatic heterocycles. The number of nitrogens with zero attached hydrogens (tertiary/aromatic N) is 3. The highest BCUT2D eigenvalue weighted by Crippen LogP contribution is 2.35. The number of carbonyl (C=O) groups is 1. The Bertz CT molecular complexity index is 608. The number of amides is 1. The zero-order chi connectivity index (χ0) is 17.9. The average molecular weight is 357 g/mol. The number of pyridine rings is 1. The lowest BCUT2D eigenvalue weighted by Gasteiger charge is -2.44. The first kappa shape index (κ1) is 17.9. The molecule has 1 aliphatic carbocycles. The van der Waals surface area contributed by atoms with E-state index in [0.29, 0.717) is 23.9 Å². The molecule has 3 heterocycles. The summed E-state index contributed by atoms with van der Waals surface area (Å²) in [7, 11) is 0. The molecule has 2 saturated heterocycles. The van der Waals surface area contributed by atoms with Crippen molar-refractivity contribution in [3.8, 4) is 0 Å². The lowest BCUT2D eigenvalue weighted by Crippen LogP contribution is -2.55. The molecule has 1 atom stereocenters. The van der Waals surface area contributed by atoms with Crippen LogP contribution in [0.15, 0.2) is 18.3 Å². The molecule has 0 radical (unpaired) electrons. The van der Waals surface area contributed by atoms with E-state index in [2.05, 4.69) is 33.8 Å². The van der Waals surface area contributed by atoms with Crippen molar-refractivity contribution in [2.45, 2.75) is 64.1 Å². The molecule has 4 rings (SSSR count). The standard InChI is InChI=1S/C21H31N3O2/c1-16-4-7-18(22-13-16)14-23-10-2-3-20(15-23)24(21(25)17-5-6-17)19-8-11-26-12-9-19/h4,7,13,17,19-20H,2-3,5-6,8-12,14-15H2,1H3. The number of carbonyl (C=O) groups excluding carboxylic acids is 1. The van der Waals surface area contributed by atoms with E-state index >= 15 is 0 Å². The quantitative estimate of drug-likeness (QED) is 0.813. The molecule has 0 bridgehead atoms. The minimum Gasteiger partial charge on any atom is -0.381 e. The van der Waals surface area contributed by atoms with E-state index in [1.54, 1.807) is 0 Å². The number of aryl methyl sites for hydroxylation is 1. The third-order valence-electron chi connectivity index (χ3n) is 6.00. The SMILES string of the molecule is Cc1ccc(CN2CCCC(N(C(=O)C3CC3)C3CCOCC3)C2)nc1. The van der Waals surface area contributed by atoms with E-state index in [0.717, 1.165) is 77.1 Å². The van der Waals surface area contributed by atoms with Gasteiger partial charge in [0.1, 0.15) is 0 Å². The second-order valence-electron chi connectivity index (χ2n) is 8.22. The number of hydrogen-bond donors (Lipinski definition) is 0. The molecule has 5 nitrogen and oxygen atoms in total. The van der Waals surface area contributed by atoms with Gasteiger partial charge >= 0.3 is 0 Å². The number of likely N-dealkylation sites (tertiary alicyclic amines) is 1. The van der Waals surface area contributed by atoms with Crippen LogP contribution in [-0.2, 0) is 16.1 Å². The van der Waals surface area contributed by atoms with E-state index < -0.39 is 0 Å². The van der Waals surface area contributed by atoms with Crippen molar-refractivity contribution in [3.05, 3.63) is 29.6 Å². The molecule has 5 heteroatoms. The highest BCUT2D eigenvalue weighted by molar-refractivity contribution is 5.81. The molecule has 142 valence electrons. The largest absolute Gasteiger partial charge is 0.381 e. The van der Waals surface area contributed by atoms with Crippen LogP contribution < -0.4 is 0 Å². The number of aromatic nitrogens is 1. The Balaban J connectivity index is 1.44. The fourth-order valence-corrected chi connectivity index (χ4v) is 4.39. The fraction of sp³-hybridized carbons (Fsp3) is 0.714. The van der Waals surface area contributed by atoms with Gasteiger partial charge in [-0.1, -0.05) is 6.07 Å². The van der Waals surface area contributed by atoms with E-state index in [9.17, 15) is 4.79 Å². The van der Waals surface area contributed by atoms with Crippen molar-refractivity contribution in [1.29, 1.82) is 0 Å². The monoisotopic (exact) mass is 357 g/mol. The van der Waals surface area contributed by atoms with Crippen LogP contribution in [0, 0.1) is 12.8 Å². The minimum atomic E-state index is 0.298. The summed E-state index contributed by atoms with van der Waals surface area (Å²) >= 11 is 0. The third-order valence-corrected chi connectivity index (χ3v) is 6.00. The van der Waals surface area contributed by atoms with Crippen LogP contribution in [-0.4, -0.2) is 59.1 Å². The molecule has 1 amide bonds. The summed E-state index contributed by atoms with van der Waals surface area (Å²) in [5.74, 6) is 0.712. The first-order valence-corrected chi connectivity index (χ1v) is 10.2. The zero-order valence-electron chi connectivity index (χ0n) is 15.9. The maximum atomic E-state index is 13.1. The molecule has 1 unspecified atom stereocenters. The molecule has 0 aromatic carbocycles. The summed E-state index contributed by atoms with van der Waals surface area (Å²) in [4.78, 5) is 22.4. The van der Waals surface area contributed by atoms with Gasteiger partial charge < -0.3 is 9.64 Å².